The Kier molecular flexibility index (Phi) is 7.03. The fourth-order valence-corrected chi connectivity index (χ4v) is 4.68. The number of nitrogens with zero attached hydrogens (tertiary/aromatic N) is 3. The van der Waals surface area contributed by atoms with Crippen LogP contribution >= 0.6 is 12.2 Å². The molecule has 0 amide bonds. The number of nitrogens with one attached hydrogen (secondary N) is 1. The molecule has 4 nitrogen and oxygen atoms in total. The van der Waals surface area contributed by atoms with E-state index < -0.39 is 0 Å². The Balaban J connectivity index is 1.37. The molecule has 4 rings (SSSR count). The molecule has 2 aromatic carbocycles. The maximum atomic E-state index is 5.67. The Hall–Kier alpha value is -1.95. The third-order valence-corrected chi connectivity index (χ3v) is 6.91. The summed E-state index contributed by atoms with van der Waals surface area (Å²) in [5.74, 6) is 0.778. The molecule has 0 bridgehead atoms. The molecule has 2 fully saturated rings. The summed E-state index contributed by atoms with van der Waals surface area (Å²) in [5.41, 5.74) is 4.93. The van der Waals surface area contributed by atoms with Crippen LogP contribution in [0.1, 0.15) is 25.3 Å². The third kappa shape index (κ3) is 5.39. The first-order valence-corrected chi connectivity index (χ1v) is 11.7. The van der Waals surface area contributed by atoms with Crippen molar-refractivity contribution in [1.82, 2.24) is 14.7 Å². The van der Waals surface area contributed by atoms with Crippen LogP contribution in [0.3, 0.4) is 0 Å². The Morgan fingerprint density at radius 1 is 1.00 bits per heavy atom. The van der Waals surface area contributed by atoms with E-state index in [9.17, 15) is 0 Å². The highest BCUT2D eigenvalue weighted by Gasteiger charge is 2.22. The molecule has 2 saturated heterocycles. The van der Waals surface area contributed by atoms with E-state index in [0.29, 0.717) is 0 Å². The van der Waals surface area contributed by atoms with Gasteiger partial charge in [0.2, 0.25) is 0 Å². The Morgan fingerprint density at radius 3 is 2.47 bits per heavy atom. The molecule has 0 saturated carbocycles. The first-order valence-electron chi connectivity index (χ1n) is 11.3. The Bertz CT molecular complexity index is 842. The number of thiocarbonyl (C=S) groups is 1. The lowest BCUT2D eigenvalue weighted by atomic mass is 10.0. The summed E-state index contributed by atoms with van der Waals surface area (Å²) in [6, 6.07) is 17.6. The molecule has 0 spiro atoms. The topological polar surface area (TPSA) is 21.8 Å². The van der Waals surface area contributed by atoms with Gasteiger partial charge in [0.15, 0.2) is 5.11 Å². The van der Waals surface area contributed by atoms with E-state index >= 15 is 0 Å². The van der Waals surface area contributed by atoms with Gasteiger partial charge in [-0.2, -0.15) is 0 Å². The number of benzene rings is 2. The van der Waals surface area contributed by atoms with E-state index in [2.05, 4.69) is 82.5 Å². The fraction of sp³-hybridized carbons (Fsp3) is 0.480. The van der Waals surface area contributed by atoms with E-state index in [1.54, 1.807) is 0 Å². The molecule has 160 valence electrons. The summed E-state index contributed by atoms with van der Waals surface area (Å²) >= 11 is 5.67. The fourth-order valence-electron chi connectivity index (χ4n) is 4.40. The van der Waals surface area contributed by atoms with E-state index in [1.165, 1.54) is 29.5 Å². The molecule has 30 heavy (non-hydrogen) atoms. The van der Waals surface area contributed by atoms with Crippen LogP contribution in [0.25, 0.3) is 11.1 Å². The van der Waals surface area contributed by atoms with Gasteiger partial charge in [-0.25, -0.2) is 0 Å². The minimum absolute atomic E-state index is 0.778. The molecule has 2 heterocycles. The molecule has 5 heteroatoms. The number of anilines is 1. The van der Waals surface area contributed by atoms with Gasteiger partial charge in [-0.1, -0.05) is 49.7 Å². The van der Waals surface area contributed by atoms with Gasteiger partial charge in [0.1, 0.15) is 0 Å². The van der Waals surface area contributed by atoms with Crippen LogP contribution in [0.2, 0.25) is 0 Å². The van der Waals surface area contributed by atoms with Gasteiger partial charge in [-0.3, -0.25) is 4.90 Å². The van der Waals surface area contributed by atoms with Crippen molar-refractivity contribution in [2.75, 3.05) is 51.6 Å². The zero-order valence-electron chi connectivity index (χ0n) is 18.3. The van der Waals surface area contributed by atoms with Crippen LogP contribution in [0.5, 0.6) is 0 Å². The molecule has 0 aliphatic carbocycles. The lowest BCUT2D eigenvalue weighted by molar-refractivity contribution is 0.148. The van der Waals surface area contributed by atoms with E-state index in [4.69, 9.17) is 12.2 Å². The van der Waals surface area contributed by atoms with E-state index in [0.717, 1.165) is 62.5 Å². The SMILES string of the molecule is CC[C@@H]1CCN(C(=S)Nc2cccc(-c3ccc(CN4CCN(C)CC4)cc3)c2)C1. The molecule has 2 aliphatic heterocycles. The molecule has 0 radical (unpaired) electrons. The summed E-state index contributed by atoms with van der Waals surface area (Å²) < 4.78 is 0. The van der Waals surface area contributed by atoms with Gasteiger partial charge >= 0.3 is 0 Å². The summed E-state index contributed by atoms with van der Waals surface area (Å²) in [5, 5.41) is 4.31. The zero-order chi connectivity index (χ0) is 20.9. The molecule has 0 unspecified atom stereocenters. The molecular weight excluding hydrogens is 388 g/mol. The number of piperazine rings is 1. The van der Waals surface area contributed by atoms with Crippen LogP contribution in [-0.2, 0) is 6.54 Å². The van der Waals surface area contributed by atoms with Gasteiger partial charge < -0.3 is 15.1 Å². The van der Waals surface area contributed by atoms with Crippen LogP contribution in [-0.4, -0.2) is 66.1 Å². The van der Waals surface area contributed by atoms with Crippen molar-refractivity contribution in [2.24, 2.45) is 5.92 Å². The number of rotatable bonds is 5. The van der Waals surface area contributed by atoms with E-state index in [1.807, 2.05) is 0 Å². The van der Waals surface area contributed by atoms with E-state index in [-0.39, 0.29) is 0 Å². The predicted molar refractivity (Wildman–Crippen MR) is 131 cm³/mol. The van der Waals surface area contributed by atoms with Gasteiger partial charge in [0, 0.05) is 51.5 Å². The van der Waals surface area contributed by atoms with Crippen LogP contribution < -0.4 is 5.32 Å². The lowest BCUT2D eigenvalue weighted by Crippen LogP contribution is -2.43. The summed E-state index contributed by atoms with van der Waals surface area (Å²) in [7, 11) is 2.20. The minimum Gasteiger partial charge on any atom is -0.349 e. The largest absolute Gasteiger partial charge is 0.349 e. The van der Waals surface area contributed by atoms with Crippen molar-refractivity contribution in [1.29, 1.82) is 0 Å². The van der Waals surface area contributed by atoms with Crippen LogP contribution in [0.4, 0.5) is 5.69 Å². The highest BCUT2D eigenvalue weighted by Crippen LogP contribution is 2.25. The van der Waals surface area contributed by atoms with Crippen molar-refractivity contribution in [3.63, 3.8) is 0 Å². The zero-order valence-corrected chi connectivity index (χ0v) is 19.1. The lowest BCUT2D eigenvalue weighted by Gasteiger charge is -2.32. The van der Waals surface area contributed by atoms with Crippen LogP contribution in [0, 0.1) is 5.92 Å². The van der Waals surface area contributed by atoms with Gasteiger partial charge in [0.05, 0.1) is 0 Å². The highest BCUT2D eigenvalue weighted by atomic mass is 32.1. The van der Waals surface area contributed by atoms with Gasteiger partial charge in [-0.05, 0) is 60.4 Å². The molecular formula is C25H34N4S. The molecule has 2 aliphatic rings. The highest BCUT2D eigenvalue weighted by molar-refractivity contribution is 7.80. The van der Waals surface area contributed by atoms with Crippen molar-refractivity contribution in [2.45, 2.75) is 26.3 Å². The third-order valence-electron chi connectivity index (χ3n) is 6.55. The molecule has 1 atom stereocenters. The Morgan fingerprint density at radius 2 is 1.77 bits per heavy atom. The minimum atomic E-state index is 0.778. The van der Waals surface area contributed by atoms with Crippen molar-refractivity contribution >= 4 is 23.0 Å². The first kappa shape index (κ1) is 21.3. The smallest absolute Gasteiger partial charge is 0.173 e. The monoisotopic (exact) mass is 422 g/mol. The van der Waals surface area contributed by atoms with Gasteiger partial charge in [0.25, 0.3) is 0 Å². The summed E-state index contributed by atoms with van der Waals surface area (Å²) in [6.45, 7) is 10.1. The normalized spacial score (nSPS) is 20.5. The predicted octanol–water partition coefficient (Wildman–Crippen LogP) is 4.53. The quantitative estimate of drug-likeness (QED) is 0.713. The average molecular weight is 423 g/mol. The molecule has 2 aromatic rings. The number of likely N-dealkylation sites (tertiary alicyclic amines) is 1. The first-order chi connectivity index (χ1) is 14.6. The maximum Gasteiger partial charge on any atom is 0.173 e. The Labute approximate surface area is 186 Å². The number of hydrogen-bond acceptors (Lipinski definition) is 3. The van der Waals surface area contributed by atoms with Crippen molar-refractivity contribution in [3.05, 3.63) is 54.1 Å². The second-order valence-corrected chi connectivity index (χ2v) is 9.18. The second kappa shape index (κ2) is 9.90. The second-order valence-electron chi connectivity index (χ2n) is 8.80. The molecule has 0 aromatic heterocycles. The number of likely N-dealkylation sites (N-methyl/N-ethyl adjacent to an activating group) is 1. The van der Waals surface area contributed by atoms with Gasteiger partial charge in [-0.15, -0.1) is 0 Å². The summed E-state index contributed by atoms with van der Waals surface area (Å²) in [4.78, 5) is 7.25. The van der Waals surface area contributed by atoms with Crippen molar-refractivity contribution < 1.29 is 0 Å². The maximum absolute atomic E-state index is 5.67. The summed E-state index contributed by atoms with van der Waals surface area (Å²) in [6.07, 6.45) is 2.48. The number of hydrogen-bond donors (Lipinski definition) is 1. The standard InChI is InChI=1S/C25H34N4S/c1-3-20-11-12-29(19-20)25(30)26-24-6-4-5-23(17-24)22-9-7-21(8-10-22)18-28-15-13-27(2)14-16-28/h4-10,17,20H,3,11-16,18-19H2,1-2H3,(H,26,30)/t20-/m1/s1. The average Bonchev–Trinajstić information content (AvgIpc) is 3.26. The van der Waals surface area contributed by atoms with Crippen LogP contribution in [0.15, 0.2) is 48.5 Å². The molecule has 1 N–H and O–H groups in total. The van der Waals surface area contributed by atoms with Crippen molar-refractivity contribution in [3.8, 4) is 11.1 Å².